The Morgan fingerprint density at radius 2 is 2.00 bits per heavy atom. The molecule has 0 aliphatic heterocycles. The lowest BCUT2D eigenvalue weighted by atomic mass is 9.92. The lowest BCUT2D eigenvalue weighted by Gasteiger charge is -2.29. The molecular formula is C14H16FNO. The topological polar surface area (TPSA) is 25.2 Å². The van der Waals surface area contributed by atoms with Crippen LogP contribution in [0.5, 0.6) is 0 Å². The minimum Gasteiger partial charge on any atom is -0.391 e. The quantitative estimate of drug-likeness (QED) is 0.803. The van der Waals surface area contributed by atoms with Gasteiger partial charge in [-0.1, -0.05) is 18.9 Å². The molecule has 0 bridgehead atoms. The third kappa shape index (κ3) is 1.75. The Hall–Kier alpha value is -1.35. The normalized spacial score (nSPS) is 25.3. The van der Waals surface area contributed by atoms with Crippen molar-refractivity contribution in [2.45, 2.75) is 37.8 Å². The van der Waals surface area contributed by atoms with Crippen molar-refractivity contribution in [3.8, 4) is 0 Å². The SMILES string of the molecule is O[C@H]1CCCC[C@@H]1n1ccc2c(F)cccc21. The third-order valence-electron chi connectivity index (χ3n) is 3.76. The van der Waals surface area contributed by atoms with E-state index in [2.05, 4.69) is 0 Å². The van der Waals surface area contributed by atoms with Crippen LogP contribution in [0.15, 0.2) is 30.5 Å². The van der Waals surface area contributed by atoms with E-state index in [1.807, 2.05) is 16.8 Å². The number of fused-ring (bicyclic) bond motifs is 1. The van der Waals surface area contributed by atoms with Crippen molar-refractivity contribution in [1.29, 1.82) is 0 Å². The zero-order valence-electron chi connectivity index (χ0n) is 9.64. The molecule has 3 heteroatoms. The number of halogens is 1. The van der Waals surface area contributed by atoms with Crippen LogP contribution in [-0.4, -0.2) is 15.8 Å². The van der Waals surface area contributed by atoms with Crippen LogP contribution in [0.25, 0.3) is 10.9 Å². The van der Waals surface area contributed by atoms with Gasteiger partial charge in [-0.3, -0.25) is 0 Å². The predicted molar refractivity (Wildman–Crippen MR) is 65.4 cm³/mol. The number of hydrogen-bond acceptors (Lipinski definition) is 1. The van der Waals surface area contributed by atoms with Gasteiger partial charge in [0.05, 0.1) is 17.7 Å². The smallest absolute Gasteiger partial charge is 0.132 e. The fourth-order valence-electron chi connectivity index (χ4n) is 2.86. The van der Waals surface area contributed by atoms with Gasteiger partial charge in [0.2, 0.25) is 0 Å². The first kappa shape index (κ1) is 10.8. The second kappa shape index (κ2) is 4.15. The zero-order valence-corrected chi connectivity index (χ0v) is 9.64. The molecule has 0 spiro atoms. The summed E-state index contributed by atoms with van der Waals surface area (Å²) < 4.78 is 15.6. The van der Waals surface area contributed by atoms with E-state index in [0.717, 1.165) is 31.2 Å². The first-order valence-electron chi connectivity index (χ1n) is 6.20. The maximum Gasteiger partial charge on any atom is 0.132 e. The summed E-state index contributed by atoms with van der Waals surface area (Å²) in [6, 6.07) is 7.02. The standard InChI is InChI=1S/C14H16FNO/c15-11-4-3-6-12-10(11)8-9-16(12)13-5-1-2-7-14(13)17/h3-4,6,8-9,13-14,17H,1-2,5,7H2/t13-,14-/m0/s1. The fraction of sp³-hybridized carbons (Fsp3) is 0.429. The summed E-state index contributed by atoms with van der Waals surface area (Å²) in [6.45, 7) is 0. The Kier molecular flexibility index (Phi) is 2.63. The second-order valence-corrected chi connectivity index (χ2v) is 4.81. The zero-order chi connectivity index (χ0) is 11.8. The van der Waals surface area contributed by atoms with E-state index in [1.54, 1.807) is 12.1 Å². The average Bonchev–Trinajstić information content (AvgIpc) is 2.75. The molecule has 0 unspecified atom stereocenters. The summed E-state index contributed by atoms with van der Waals surface area (Å²) in [5.74, 6) is -0.188. The molecule has 1 heterocycles. The Balaban J connectivity index is 2.08. The number of benzene rings is 1. The van der Waals surface area contributed by atoms with Crippen LogP contribution in [0.1, 0.15) is 31.7 Å². The number of aliphatic hydroxyl groups is 1. The summed E-state index contributed by atoms with van der Waals surface area (Å²) >= 11 is 0. The predicted octanol–water partition coefficient (Wildman–Crippen LogP) is 3.26. The molecule has 2 aromatic rings. The molecule has 2 atom stereocenters. The van der Waals surface area contributed by atoms with E-state index in [1.165, 1.54) is 6.07 Å². The number of rotatable bonds is 1. The van der Waals surface area contributed by atoms with Crippen molar-refractivity contribution < 1.29 is 9.50 Å². The molecule has 2 nitrogen and oxygen atoms in total. The van der Waals surface area contributed by atoms with Crippen molar-refractivity contribution in [3.63, 3.8) is 0 Å². The van der Waals surface area contributed by atoms with E-state index < -0.39 is 0 Å². The molecule has 1 fully saturated rings. The first-order chi connectivity index (χ1) is 8.27. The van der Waals surface area contributed by atoms with E-state index >= 15 is 0 Å². The van der Waals surface area contributed by atoms with Crippen molar-refractivity contribution in [1.82, 2.24) is 4.57 Å². The van der Waals surface area contributed by atoms with Gasteiger partial charge < -0.3 is 9.67 Å². The van der Waals surface area contributed by atoms with E-state index in [4.69, 9.17) is 0 Å². The Morgan fingerprint density at radius 1 is 1.18 bits per heavy atom. The highest BCUT2D eigenvalue weighted by Crippen LogP contribution is 2.32. The molecule has 0 amide bonds. The summed E-state index contributed by atoms with van der Waals surface area (Å²) in [7, 11) is 0. The molecule has 1 aromatic carbocycles. The van der Waals surface area contributed by atoms with Crippen LogP contribution < -0.4 is 0 Å². The van der Waals surface area contributed by atoms with Crippen LogP contribution in [0.3, 0.4) is 0 Å². The van der Waals surface area contributed by atoms with E-state index in [0.29, 0.717) is 5.39 Å². The highest BCUT2D eigenvalue weighted by atomic mass is 19.1. The average molecular weight is 233 g/mol. The molecule has 0 saturated heterocycles. The number of aliphatic hydroxyl groups excluding tert-OH is 1. The molecule has 17 heavy (non-hydrogen) atoms. The minimum atomic E-state index is -0.303. The molecule has 1 N–H and O–H groups in total. The number of aromatic nitrogens is 1. The van der Waals surface area contributed by atoms with Crippen LogP contribution in [0, 0.1) is 5.82 Å². The van der Waals surface area contributed by atoms with Crippen molar-refractivity contribution in [3.05, 3.63) is 36.3 Å². The molecule has 3 rings (SSSR count). The van der Waals surface area contributed by atoms with E-state index in [9.17, 15) is 9.50 Å². The summed E-state index contributed by atoms with van der Waals surface area (Å²) in [5.41, 5.74) is 0.885. The van der Waals surface area contributed by atoms with Gasteiger partial charge in [0.25, 0.3) is 0 Å². The van der Waals surface area contributed by atoms with Crippen LogP contribution in [0.2, 0.25) is 0 Å². The molecule has 0 radical (unpaired) electrons. The monoisotopic (exact) mass is 233 g/mol. The largest absolute Gasteiger partial charge is 0.391 e. The van der Waals surface area contributed by atoms with Crippen LogP contribution >= 0.6 is 0 Å². The number of hydrogen-bond donors (Lipinski definition) is 1. The molecule has 90 valence electrons. The maximum atomic E-state index is 13.6. The maximum absolute atomic E-state index is 13.6. The first-order valence-corrected chi connectivity index (χ1v) is 6.20. The molecule has 1 aliphatic carbocycles. The second-order valence-electron chi connectivity index (χ2n) is 4.81. The Bertz CT molecular complexity index is 534. The van der Waals surface area contributed by atoms with Gasteiger partial charge in [0.1, 0.15) is 5.82 Å². The lowest BCUT2D eigenvalue weighted by molar-refractivity contribution is 0.0776. The molecule has 1 aromatic heterocycles. The minimum absolute atomic E-state index is 0.100. The Labute approximate surface area is 99.7 Å². The molecule has 1 saturated carbocycles. The van der Waals surface area contributed by atoms with Gasteiger partial charge in [-0.15, -0.1) is 0 Å². The highest BCUT2D eigenvalue weighted by molar-refractivity contribution is 5.80. The van der Waals surface area contributed by atoms with Gasteiger partial charge in [-0.05, 0) is 31.0 Å². The molecular weight excluding hydrogens is 217 g/mol. The van der Waals surface area contributed by atoms with Gasteiger partial charge in [0.15, 0.2) is 0 Å². The third-order valence-corrected chi connectivity index (χ3v) is 3.76. The fourth-order valence-corrected chi connectivity index (χ4v) is 2.86. The summed E-state index contributed by atoms with van der Waals surface area (Å²) in [4.78, 5) is 0. The van der Waals surface area contributed by atoms with Crippen molar-refractivity contribution >= 4 is 10.9 Å². The van der Waals surface area contributed by atoms with Crippen molar-refractivity contribution in [2.75, 3.05) is 0 Å². The lowest BCUT2D eigenvalue weighted by Crippen LogP contribution is -2.26. The highest BCUT2D eigenvalue weighted by Gasteiger charge is 2.25. The van der Waals surface area contributed by atoms with Crippen LogP contribution in [-0.2, 0) is 0 Å². The van der Waals surface area contributed by atoms with Crippen molar-refractivity contribution in [2.24, 2.45) is 0 Å². The summed E-state index contributed by atoms with van der Waals surface area (Å²) in [5, 5.41) is 10.7. The van der Waals surface area contributed by atoms with Gasteiger partial charge >= 0.3 is 0 Å². The molecule has 1 aliphatic rings. The van der Waals surface area contributed by atoms with Crippen LogP contribution in [0.4, 0.5) is 4.39 Å². The van der Waals surface area contributed by atoms with E-state index in [-0.39, 0.29) is 18.0 Å². The van der Waals surface area contributed by atoms with Gasteiger partial charge in [-0.25, -0.2) is 4.39 Å². The summed E-state index contributed by atoms with van der Waals surface area (Å²) in [6.07, 6.45) is 5.64. The Morgan fingerprint density at radius 3 is 2.82 bits per heavy atom. The van der Waals surface area contributed by atoms with Gasteiger partial charge in [-0.2, -0.15) is 0 Å². The van der Waals surface area contributed by atoms with Gasteiger partial charge in [0, 0.05) is 11.6 Å². The number of nitrogens with zero attached hydrogens (tertiary/aromatic N) is 1.